The Morgan fingerprint density at radius 1 is 1.50 bits per heavy atom. The van der Waals surface area contributed by atoms with Crippen LogP contribution in [0.4, 0.5) is 0 Å². The van der Waals surface area contributed by atoms with E-state index in [-0.39, 0.29) is 0 Å². The molecule has 0 aliphatic rings. The maximum atomic E-state index is 7.81. The molecule has 0 bridgehead atoms. The van der Waals surface area contributed by atoms with E-state index in [1.807, 2.05) is 0 Å². The summed E-state index contributed by atoms with van der Waals surface area (Å²) in [5.41, 5.74) is 0. The Morgan fingerprint density at radius 2 is 1.50 bits per heavy atom. The molecule has 0 heterocycles. The molecule has 0 unspecified atom stereocenters. The van der Waals surface area contributed by atoms with Crippen LogP contribution in [0, 0.1) is 0 Å². The predicted octanol–water partition coefficient (Wildman–Crippen LogP) is -0.513. The zero-order valence-electron chi connectivity index (χ0n) is 2.16. The van der Waals surface area contributed by atoms with Crippen molar-refractivity contribution >= 4 is 0 Å². The molecule has 0 saturated heterocycles. The van der Waals surface area contributed by atoms with E-state index < -0.39 is 0 Å². The summed E-state index contributed by atoms with van der Waals surface area (Å²) in [4.78, 5) is 0. The third-order valence-electron chi connectivity index (χ3n) is 0. The van der Waals surface area contributed by atoms with Gasteiger partial charge in [0.05, 0.1) is 0 Å². The number of rotatable bonds is 0. The third kappa shape index (κ3) is 47.8. The van der Waals surface area contributed by atoms with Gasteiger partial charge in [0.25, 0.3) is 0 Å². The molecule has 0 aliphatic carbocycles. The van der Waals surface area contributed by atoms with E-state index in [1.54, 1.807) is 0 Å². The summed E-state index contributed by atoms with van der Waals surface area (Å²) in [5.74, 6) is 0. The molecule has 2 nitrogen and oxygen atoms in total. The summed E-state index contributed by atoms with van der Waals surface area (Å²) >= 11 is 2.94. The van der Waals surface area contributed by atoms with Gasteiger partial charge in [-0.25, -0.2) is 0 Å². The summed E-state index contributed by atoms with van der Waals surface area (Å²) in [7, 11) is 1.00. The van der Waals surface area contributed by atoms with Gasteiger partial charge in [-0.05, 0) is 0 Å². The second-order valence-corrected chi connectivity index (χ2v) is 0. The third-order valence-corrected chi connectivity index (χ3v) is 0. The molecule has 4 heavy (non-hydrogen) atoms. The van der Waals surface area contributed by atoms with Crippen LogP contribution in [0.25, 0.3) is 0 Å². The van der Waals surface area contributed by atoms with Gasteiger partial charge in [0.1, 0.15) is 0 Å². The molecule has 0 aliphatic heterocycles. The summed E-state index contributed by atoms with van der Waals surface area (Å²) in [5, 5.41) is 7.00. The van der Waals surface area contributed by atoms with Crippen molar-refractivity contribution in [2.24, 2.45) is 0 Å². The molecule has 31 valence electrons. The first-order valence-corrected chi connectivity index (χ1v) is 0.955. The van der Waals surface area contributed by atoms with E-state index in [9.17, 15) is 0 Å². The van der Waals surface area contributed by atoms with Gasteiger partial charge in [0, 0.05) is 7.11 Å². The van der Waals surface area contributed by atoms with Crippen LogP contribution >= 0.6 is 0 Å². The van der Waals surface area contributed by atoms with E-state index in [2.05, 4.69) is 15.9 Å². The van der Waals surface area contributed by atoms with Crippen molar-refractivity contribution in [3.05, 3.63) is 0 Å². The molecule has 1 N–H and O–H groups in total. The van der Waals surface area contributed by atoms with E-state index in [4.69, 9.17) is 8.94 Å². The molecule has 0 aromatic rings. The van der Waals surface area contributed by atoms with Crippen LogP contribution in [0.15, 0.2) is 0 Å². The molecule has 0 spiro atoms. The van der Waals surface area contributed by atoms with E-state index in [0.29, 0.717) is 0 Å². The zero-order chi connectivity index (χ0) is 4.00. The average molecular weight is 112 g/mol. The van der Waals surface area contributed by atoms with Gasteiger partial charge in [0.2, 0.25) is 0 Å². The Bertz CT molecular complexity index is 6.00. The Kier molecular flexibility index (Phi) is 483. The Morgan fingerprint density at radius 3 is 1.50 bits per heavy atom. The van der Waals surface area contributed by atoms with Crippen molar-refractivity contribution in [3.8, 4) is 0 Å². The Balaban J connectivity index is 0. The van der Waals surface area contributed by atoms with Gasteiger partial charge in [-0.2, -0.15) is 0 Å². The van der Waals surface area contributed by atoms with Crippen LogP contribution in [0.3, 0.4) is 0 Å². The van der Waals surface area contributed by atoms with Crippen LogP contribution in [0.5, 0.6) is 0 Å². The van der Waals surface area contributed by atoms with Crippen molar-refractivity contribution in [1.29, 1.82) is 0 Å². The molecule has 0 amide bonds. The number of aliphatic hydroxyl groups is 1. The molecule has 0 fully saturated rings. The Hall–Kier alpha value is 0.279. The number of hydrogen-bond donors (Lipinski definition) is 1. The molecule has 0 aromatic carbocycles. The summed E-state index contributed by atoms with van der Waals surface area (Å²) < 4.78 is 7.81. The molecule has 0 saturated carbocycles. The summed E-state index contributed by atoms with van der Waals surface area (Å²) in [6, 6.07) is 0. The first-order chi connectivity index (χ1) is 2.00. The minimum atomic E-state index is 1.00. The monoisotopic (exact) mass is 111 g/mol. The normalized spacial score (nSPS) is 3.00. The van der Waals surface area contributed by atoms with Gasteiger partial charge in [-0.1, -0.05) is 0 Å². The van der Waals surface area contributed by atoms with Crippen molar-refractivity contribution in [2.45, 2.75) is 0 Å². The maximum absolute atomic E-state index is 7.81. The van der Waals surface area contributed by atoms with Gasteiger partial charge in [-0.15, -0.1) is 0 Å². The minimum absolute atomic E-state index is 1.00. The van der Waals surface area contributed by atoms with E-state index >= 15 is 0 Å². The molecular weight excluding hydrogens is 108 g/mol. The van der Waals surface area contributed by atoms with Crippen LogP contribution in [-0.2, 0) is 19.8 Å². The summed E-state index contributed by atoms with van der Waals surface area (Å²) in [6.45, 7) is 0. The fourth-order valence-corrected chi connectivity index (χ4v) is 0. The van der Waals surface area contributed by atoms with Gasteiger partial charge in [-0.3, -0.25) is 0 Å². The first kappa shape index (κ1) is 8.86. The van der Waals surface area contributed by atoms with Crippen molar-refractivity contribution < 1.29 is 24.9 Å². The predicted molar refractivity (Wildman–Crippen MR) is 8.83 cm³/mol. The quantitative estimate of drug-likeness (QED) is 0.428. The van der Waals surface area contributed by atoms with Gasteiger partial charge in [0.15, 0.2) is 0 Å². The van der Waals surface area contributed by atoms with Crippen LogP contribution < -0.4 is 0 Å². The van der Waals surface area contributed by atoms with Crippen LogP contribution in [0.1, 0.15) is 0 Å². The van der Waals surface area contributed by atoms with E-state index in [1.165, 1.54) is 0 Å². The topological polar surface area (TPSA) is 37.3 Å². The van der Waals surface area contributed by atoms with Crippen molar-refractivity contribution in [3.63, 3.8) is 0 Å². The molecule has 0 atom stereocenters. The molecule has 3 heteroatoms. The second-order valence-electron chi connectivity index (χ2n) is 0. The molecule has 0 rings (SSSR count). The van der Waals surface area contributed by atoms with Crippen LogP contribution in [-0.4, -0.2) is 12.2 Å². The van der Waals surface area contributed by atoms with E-state index in [0.717, 1.165) is 7.11 Å². The molecule has 0 radical (unpaired) electrons. The molecule has 0 aromatic heterocycles. The second kappa shape index (κ2) is 218. The van der Waals surface area contributed by atoms with Crippen molar-refractivity contribution in [1.82, 2.24) is 0 Å². The van der Waals surface area contributed by atoms with Gasteiger partial charge < -0.3 is 5.11 Å². The zero-order valence-corrected chi connectivity index (χ0v) is 3.10. The standard InChI is InChI=1S/CH4O.Cu.O/c1-2;;/h2H,1H3;;. The van der Waals surface area contributed by atoms with Crippen LogP contribution in [0.2, 0.25) is 0 Å². The summed E-state index contributed by atoms with van der Waals surface area (Å²) in [6.07, 6.45) is 0. The Labute approximate surface area is 32.8 Å². The fraction of sp³-hybridized carbons (Fsp3) is 1.00. The number of hydrogen-bond acceptors (Lipinski definition) is 2. The van der Waals surface area contributed by atoms with Gasteiger partial charge >= 0.3 is 19.8 Å². The fourth-order valence-electron chi connectivity index (χ4n) is 0. The molecular formula is CH4CuO2. The van der Waals surface area contributed by atoms with Crippen molar-refractivity contribution in [2.75, 3.05) is 7.11 Å². The first-order valence-electron chi connectivity index (χ1n) is 0.570. The average Bonchev–Trinajstić information content (AvgIpc) is 1.50. The number of aliphatic hydroxyl groups excluding tert-OH is 1. The SMILES string of the molecule is CO.[O]=[Cu].